The van der Waals surface area contributed by atoms with Crippen molar-refractivity contribution in [2.24, 2.45) is 5.73 Å². The molecule has 0 saturated heterocycles. The molecule has 0 aliphatic heterocycles. The van der Waals surface area contributed by atoms with Gasteiger partial charge in [0.25, 0.3) is 0 Å². The largest absolute Gasteiger partial charge is 0.423 e. The highest BCUT2D eigenvalue weighted by Gasteiger charge is 2.08. The summed E-state index contributed by atoms with van der Waals surface area (Å²) in [6.45, 7) is 0.763. The van der Waals surface area contributed by atoms with Crippen LogP contribution in [-0.4, -0.2) is 26.8 Å². The lowest BCUT2D eigenvalue weighted by Gasteiger charge is -2.19. The first-order chi connectivity index (χ1) is 9.65. The van der Waals surface area contributed by atoms with Gasteiger partial charge in [-0.25, -0.2) is 4.79 Å². The SMILES string of the molecule is CN(CCC[18F])c1ccc2c(CCN)cc(=O)oc2c1. The molecule has 0 atom stereocenters. The molecular formula is C15H19FN2O2. The van der Waals surface area contributed by atoms with E-state index in [1.807, 2.05) is 30.1 Å². The molecule has 2 rings (SSSR count). The Balaban J connectivity index is 2.41. The quantitative estimate of drug-likeness (QED) is 0.821. The second-order valence-electron chi connectivity index (χ2n) is 4.77. The van der Waals surface area contributed by atoms with Crippen LogP contribution in [0.1, 0.15) is 12.0 Å². The maximum atomic E-state index is 12.2. The van der Waals surface area contributed by atoms with Crippen LogP contribution < -0.4 is 16.3 Å². The molecule has 4 nitrogen and oxygen atoms in total. The van der Waals surface area contributed by atoms with Crippen molar-refractivity contribution in [1.82, 2.24) is 0 Å². The highest BCUT2D eigenvalue weighted by molar-refractivity contribution is 5.83. The van der Waals surface area contributed by atoms with Crippen molar-refractivity contribution < 1.29 is 8.81 Å². The van der Waals surface area contributed by atoms with Crippen LogP contribution in [0.5, 0.6) is 0 Å². The average Bonchev–Trinajstić information content (AvgIpc) is 2.44. The van der Waals surface area contributed by atoms with E-state index in [0.29, 0.717) is 31.5 Å². The number of hydrogen-bond acceptors (Lipinski definition) is 4. The number of benzene rings is 1. The van der Waals surface area contributed by atoms with Crippen LogP contribution in [0.3, 0.4) is 0 Å². The molecule has 1 heterocycles. The molecule has 5 heteroatoms. The van der Waals surface area contributed by atoms with Gasteiger partial charge in [0.15, 0.2) is 0 Å². The Morgan fingerprint density at radius 1 is 1.35 bits per heavy atom. The number of nitrogens with zero attached hydrogens (tertiary/aromatic N) is 1. The number of halogens is 1. The van der Waals surface area contributed by atoms with Crippen LogP contribution in [0.25, 0.3) is 11.0 Å². The topological polar surface area (TPSA) is 59.5 Å². The smallest absolute Gasteiger partial charge is 0.336 e. The maximum absolute atomic E-state index is 12.2. The highest BCUT2D eigenvalue weighted by Crippen LogP contribution is 2.23. The number of nitrogens with two attached hydrogens (primary N) is 1. The molecule has 0 unspecified atom stereocenters. The highest BCUT2D eigenvalue weighted by atomic mass is 18.2. The summed E-state index contributed by atoms with van der Waals surface area (Å²) >= 11 is 0. The summed E-state index contributed by atoms with van der Waals surface area (Å²) in [6.07, 6.45) is 1.12. The average molecular weight is 277 g/mol. The minimum Gasteiger partial charge on any atom is -0.423 e. The van der Waals surface area contributed by atoms with Crippen molar-refractivity contribution in [3.8, 4) is 0 Å². The number of fused-ring (bicyclic) bond motifs is 1. The molecule has 20 heavy (non-hydrogen) atoms. The molecule has 2 aromatic rings. The van der Waals surface area contributed by atoms with E-state index in [1.54, 1.807) is 0 Å². The van der Waals surface area contributed by atoms with Gasteiger partial charge in [0, 0.05) is 36.8 Å². The van der Waals surface area contributed by atoms with E-state index in [4.69, 9.17) is 10.2 Å². The molecular weight excluding hydrogens is 258 g/mol. The van der Waals surface area contributed by atoms with Gasteiger partial charge in [-0.2, -0.15) is 0 Å². The molecule has 0 spiro atoms. The third kappa shape index (κ3) is 3.17. The van der Waals surface area contributed by atoms with E-state index in [2.05, 4.69) is 0 Å². The van der Waals surface area contributed by atoms with Crippen molar-refractivity contribution >= 4 is 16.7 Å². The van der Waals surface area contributed by atoms with Gasteiger partial charge in [0.1, 0.15) is 5.58 Å². The third-order valence-corrected chi connectivity index (χ3v) is 3.30. The molecule has 2 N–H and O–H groups in total. The zero-order valence-electron chi connectivity index (χ0n) is 11.6. The van der Waals surface area contributed by atoms with Crippen LogP contribution in [0.2, 0.25) is 0 Å². The number of hydrogen-bond donors (Lipinski definition) is 1. The van der Waals surface area contributed by atoms with E-state index >= 15 is 0 Å². The van der Waals surface area contributed by atoms with Crippen LogP contribution in [0.4, 0.5) is 10.1 Å². The Kier molecular flexibility index (Phi) is 4.74. The Morgan fingerprint density at radius 3 is 2.85 bits per heavy atom. The van der Waals surface area contributed by atoms with Crippen molar-refractivity contribution in [3.63, 3.8) is 0 Å². The van der Waals surface area contributed by atoms with Gasteiger partial charge in [0.05, 0.1) is 6.67 Å². The lowest BCUT2D eigenvalue weighted by molar-refractivity contribution is 0.474. The zero-order chi connectivity index (χ0) is 14.5. The number of rotatable bonds is 6. The molecule has 0 fully saturated rings. The molecule has 0 aliphatic rings. The fourth-order valence-corrected chi connectivity index (χ4v) is 2.24. The van der Waals surface area contributed by atoms with Gasteiger partial charge >= 0.3 is 5.63 Å². The first-order valence-electron chi connectivity index (χ1n) is 6.69. The molecule has 1 aromatic carbocycles. The van der Waals surface area contributed by atoms with Gasteiger partial charge in [-0.3, -0.25) is 4.39 Å². The fraction of sp³-hybridized carbons (Fsp3) is 0.400. The molecule has 108 valence electrons. The van der Waals surface area contributed by atoms with E-state index in [1.165, 1.54) is 6.07 Å². The molecule has 0 radical (unpaired) electrons. The summed E-state index contributed by atoms with van der Waals surface area (Å²) in [4.78, 5) is 13.5. The standard InChI is InChI=1S/C15H19FN2O2/c1-18(8-2-6-16)12-3-4-13-11(5-7-17)9-15(19)20-14(13)10-12/h3-4,9-10H,2,5-8,17H2,1H3/i16-1. The second-order valence-corrected chi connectivity index (χ2v) is 4.77. The van der Waals surface area contributed by atoms with Gasteiger partial charge < -0.3 is 15.1 Å². The fourth-order valence-electron chi connectivity index (χ4n) is 2.24. The molecule has 0 aliphatic carbocycles. The molecule has 0 amide bonds. The van der Waals surface area contributed by atoms with Crippen LogP contribution >= 0.6 is 0 Å². The van der Waals surface area contributed by atoms with E-state index in [9.17, 15) is 9.18 Å². The second kappa shape index (κ2) is 6.52. The van der Waals surface area contributed by atoms with Gasteiger partial charge in [-0.1, -0.05) is 0 Å². The number of alkyl halides is 1. The first kappa shape index (κ1) is 14.5. The van der Waals surface area contributed by atoms with Crippen LogP contribution in [0.15, 0.2) is 33.5 Å². The maximum Gasteiger partial charge on any atom is 0.336 e. The van der Waals surface area contributed by atoms with Crippen molar-refractivity contribution in [2.45, 2.75) is 12.8 Å². The van der Waals surface area contributed by atoms with Crippen molar-refractivity contribution in [2.75, 3.05) is 31.7 Å². The third-order valence-electron chi connectivity index (χ3n) is 3.30. The van der Waals surface area contributed by atoms with Gasteiger partial charge in [-0.05, 0) is 37.1 Å². The van der Waals surface area contributed by atoms with Gasteiger partial charge in [-0.15, -0.1) is 0 Å². The molecule has 1 aromatic heterocycles. The Hall–Kier alpha value is -1.88. The van der Waals surface area contributed by atoms with Crippen molar-refractivity contribution in [3.05, 3.63) is 40.2 Å². The monoisotopic (exact) mass is 277 g/mol. The number of anilines is 1. The van der Waals surface area contributed by atoms with Gasteiger partial charge in [0.2, 0.25) is 0 Å². The first-order valence-corrected chi connectivity index (χ1v) is 6.69. The van der Waals surface area contributed by atoms with E-state index in [0.717, 1.165) is 16.6 Å². The lowest BCUT2D eigenvalue weighted by Crippen LogP contribution is -2.18. The predicted molar refractivity (Wildman–Crippen MR) is 79.1 cm³/mol. The summed E-state index contributed by atoms with van der Waals surface area (Å²) in [5, 5.41) is 0.901. The molecule has 0 saturated carbocycles. The van der Waals surface area contributed by atoms with E-state index in [-0.39, 0.29) is 12.3 Å². The molecule has 0 bridgehead atoms. The predicted octanol–water partition coefficient (Wildman–Crippen LogP) is 2.09. The minimum absolute atomic E-state index is 0.340. The lowest BCUT2D eigenvalue weighted by atomic mass is 10.1. The summed E-state index contributed by atoms with van der Waals surface area (Å²) in [7, 11) is 1.89. The summed E-state index contributed by atoms with van der Waals surface area (Å²) in [5.74, 6) is 0. The zero-order valence-corrected chi connectivity index (χ0v) is 11.6. The van der Waals surface area contributed by atoms with Crippen LogP contribution in [-0.2, 0) is 6.42 Å². The summed E-state index contributed by atoms with van der Waals surface area (Å²) < 4.78 is 17.5. The summed E-state index contributed by atoms with van der Waals surface area (Å²) in [5.41, 5.74) is 7.54. The Bertz CT molecular complexity index is 639. The normalized spacial score (nSPS) is 10.9. The Labute approximate surface area is 117 Å². The van der Waals surface area contributed by atoms with Crippen LogP contribution in [0, 0.1) is 0 Å². The Morgan fingerprint density at radius 2 is 2.15 bits per heavy atom. The summed E-state index contributed by atoms with van der Waals surface area (Å²) in [6, 6.07) is 7.17. The minimum atomic E-state index is -0.371. The van der Waals surface area contributed by atoms with E-state index < -0.39 is 0 Å². The van der Waals surface area contributed by atoms with Crippen molar-refractivity contribution in [1.29, 1.82) is 0 Å².